The lowest BCUT2D eigenvalue weighted by Gasteiger charge is -2.15. The van der Waals surface area contributed by atoms with Crippen molar-refractivity contribution in [3.8, 4) is 17.6 Å². The van der Waals surface area contributed by atoms with Crippen molar-refractivity contribution in [1.82, 2.24) is 4.98 Å². The van der Waals surface area contributed by atoms with Crippen LogP contribution < -0.4 is 14.8 Å². The van der Waals surface area contributed by atoms with Crippen LogP contribution in [0.15, 0.2) is 42.6 Å². The monoisotopic (exact) mass is 373 g/mol. The molecule has 0 saturated carbocycles. The maximum absolute atomic E-state index is 12.7. The molecule has 8 heteroatoms. The van der Waals surface area contributed by atoms with Crippen LogP contribution in [0.4, 0.5) is 24.5 Å². The van der Waals surface area contributed by atoms with Crippen LogP contribution in [0.1, 0.15) is 11.1 Å². The van der Waals surface area contributed by atoms with Gasteiger partial charge in [-0.15, -0.1) is 0 Å². The van der Waals surface area contributed by atoms with E-state index >= 15 is 0 Å². The molecule has 0 bridgehead atoms. The second-order valence-electron chi connectivity index (χ2n) is 5.56. The number of alkyl halides is 3. The topological polar surface area (TPSA) is 67.2 Å². The van der Waals surface area contributed by atoms with Crippen LogP contribution in [0, 0.1) is 11.3 Å². The number of nitrogens with zero attached hydrogens (tertiary/aromatic N) is 2. The Morgan fingerprint density at radius 3 is 2.30 bits per heavy atom. The second-order valence-corrected chi connectivity index (χ2v) is 5.56. The molecule has 0 radical (unpaired) electrons. The molecule has 0 unspecified atom stereocenters. The number of aromatic nitrogens is 1. The number of pyridine rings is 1. The van der Waals surface area contributed by atoms with Crippen LogP contribution in [0.2, 0.25) is 0 Å². The zero-order chi connectivity index (χ0) is 19.6. The molecule has 0 amide bonds. The minimum absolute atomic E-state index is 0.245. The van der Waals surface area contributed by atoms with Crippen LogP contribution in [0.3, 0.4) is 0 Å². The highest BCUT2D eigenvalue weighted by atomic mass is 19.4. The second kappa shape index (κ2) is 7.03. The van der Waals surface area contributed by atoms with Crippen molar-refractivity contribution in [1.29, 1.82) is 5.26 Å². The Labute approximate surface area is 153 Å². The molecular weight excluding hydrogens is 359 g/mol. The van der Waals surface area contributed by atoms with E-state index in [2.05, 4.69) is 10.3 Å². The van der Waals surface area contributed by atoms with Gasteiger partial charge < -0.3 is 14.8 Å². The summed E-state index contributed by atoms with van der Waals surface area (Å²) in [5.41, 5.74) is 0.782. The van der Waals surface area contributed by atoms with E-state index in [4.69, 9.17) is 9.47 Å². The van der Waals surface area contributed by atoms with Crippen molar-refractivity contribution >= 4 is 22.3 Å². The number of halogens is 3. The molecule has 138 valence electrons. The van der Waals surface area contributed by atoms with Crippen molar-refractivity contribution in [2.45, 2.75) is 6.18 Å². The van der Waals surface area contributed by atoms with E-state index in [0.29, 0.717) is 33.8 Å². The summed E-state index contributed by atoms with van der Waals surface area (Å²) in [6.45, 7) is 0. The summed E-state index contributed by atoms with van der Waals surface area (Å²) < 4.78 is 48.8. The molecule has 5 nitrogen and oxygen atoms in total. The van der Waals surface area contributed by atoms with Gasteiger partial charge in [-0.2, -0.15) is 18.4 Å². The summed E-state index contributed by atoms with van der Waals surface area (Å²) in [6.07, 6.45) is -3.04. The van der Waals surface area contributed by atoms with E-state index < -0.39 is 11.7 Å². The third kappa shape index (κ3) is 3.44. The fraction of sp³-hybridized carbons (Fsp3) is 0.158. The minimum Gasteiger partial charge on any atom is -0.493 e. The summed E-state index contributed by atoms with van der Waals surface area (Å²) in [5.74, 6) is 0.873. The SMILES string of the molecule is COc1ccc2c(Nc3ccc(C(F)(F)F)cc3)c(C#N)cnc2c1OC. The first-order valence-corrected chi connectivity index (χ1v) is 7.77. The van der Waals surface area contributed by atoms with Gasteiger partial charge in [-0.3, -0.25) is 4.98 Å². The van der Waals surface area contributed by atoms with Crippen LogP contribution in [-0.4, -0.2) is 19.2 Å². The van der Waals surface area contributed by atoms with Crippen molar-refractivity contribution in [3.63, 3.8) is 0 Å². The highest BCUT2D eigenvalue weighted by molar-refractivity contribution is 5.99. The Morgan fingerprint density at radius 2 is 1.74 bits per heavy atom. The molecule has 0 aliphatic carbocycles. The number of nitriles is 1. The molecule has 0 saturated heterocycles. The first-order chi connectivity index (χ1) is 12.9. The van der Waals surface area contributed by atoms with Gasteiger partial charge in [0.25, 0.3) is 0 Å². The first-order valence-electron chi connectivity index (χ1n) is 7.77. The normalized spacial score (nSPS) is 11.1. The number of hydrogen-bond acceptors (Lipinski definition) is 5. The molecule has 1 aromatic heterocycles. The molecule has 0 spiro atoms. The van der Waals surface area contributed by atoms with Gasteiger partial charge in [0.15, 0.2) is 11.5 Å². The fourth-order valence-electron chi connectivity index (χ4n) is 2.69. The summed E-state index contributed by atoms with van der Waals surface area (Å²) in [5, 5.41) is 13.0. The summed E-state index contributed by atoms with van der Waals surface area (Å²) in [6, 6.07) is 9.96. The number of ether oxygens (including phenoxy) is 2. The summed E-state index contributed by atoms with van der Waals surface area (Å²) in [7, 11) is 2.97. The molecular formula is C19H14F3N3O2. The highest BCUT2D eigenvalue weighted by Crippen LogP contribution is 2.39. The van der Waals surface area contributed by atoms with E-state index in [1.807, 2.05) is 6.07 Å². The Kier molecular flexibility index (Phi) is 4.77. The number of benzene rings is 2. The van der Waals surface area contributed by atoms with Crippen LogP contribution in [-0.2, 0) is 6.18 Å². The number of anilines is 2. The van der Waals surface area contributed by atoms with E-state index in [1.54, 1.807) is 12.1 Å². The molecule has 3 rings (SSSR count). The summed E-state index contributed by atoms with van der Waals surface area (Å²) in [4.78, 5) is 4.26. The molecule has 0 atom stereocenters. The van der Waals surface area contributed by atoms with Crippen LogP contribution in [0.5, 0.6) is 11.5 Å². The molecule has 27 heavy (non-hydrogen) atoms. The molecule has 0 fully saturated rings. The van der Waals surface area contributed by atoms with Crippen molar-refractivity contribution < 1.29 is 22.6 Å². The van der Waals surface area contributed by atoms with E-state index in [1.165, 1.54) is 32.5 Å². The van der Waals surface area contributed by atoms with Gasteiger partial charge in [0.1, 0.15) is 11.6 Å². The third-order valence-corrected chi connectivity index (χ3v) is 3.98. The molecule has 2 aromatic carbocycles. The summed E-state index contributed by atoms with van der Waals surface area (Å²) >= 11 is 0. The number of fused-ring (bicyclic) bond motifs is 1. The largest absolute Gasteiger partial charge is 0.493 e. The number of hydrogen-bond donors (Lipinski definition) is 1. The van der Waals surface area contributed by atoms with Gasteiger partial charge in [0.2, 0.25) is 0 Å². The number of rotatable bonds is 4. The number of methoxy groups -OCH3 is 2. The quantitative estimate of drug-likeness (QED) is 0.706. The Morgan fingerprint density at radius 1 is 1.04 bits per heavy atom. The molecule has 3 aromatic rings. The van der Waals surface area contributed by atoms with Crippen LogP contribution in [0.25, 0.3) is 10.9 Å². The molecule has 0 aliphatic rings. The minimum atomic E-state index is -4.41. The van der Waals surface area contributed by atoms with Crippen molar-refractivity contribution in [2.24, 2.45) is 0 Å². The molecule has 1 N–H and O–H groups in total. The van der Waals surface area contributed by atoms with Crippen LogP contribution >= 0.6 is 0 Å². The lowest BCUT2D eigenvalue weighted by molar-refractivity contribution is -0.137. The zero-order valence-electron chi connectivity index (χ0n) is 14.4. The van der Waals surface area contributed by atoms with E-state index in [0.717, 1.165) is 12.1 Å². The Balaban J connectivity index is 2.11. The number of nitrogens with one attached hydrogen (secondary N) is 1. The Bertz CT molecular complexity index is 1030. The van der Waals surface area contributed by atoms with Gasteiger partial charge in [0, 0.05) is 17.3 Å². The first kappa shape index (κ1) is 18.3. The van der Waals surface area contributed by atoms with E-state index in [-0.39, 0.29) is 5.56 Å². The third-order valence-electron chi connectivity index (χ3n) is 3.98. The lowest BCUT2D eigenvalue weighted by Crippen LogP contribution is -2.04. The zero-order valence-corrected chi connectivity index (χ0v) is 14.4. The Hall–Kier alpha value is -3.47. The van der Waals surface area contributed by atoms with Gasteiger partial charge in [-0.05, 0) is 36.4 Å². The predicted molar refractivity (Wildman–Crippen MR) is 94.3 cm³/mol. The van der Waals surface area contributed by atoms with Gasteiger partial charge in [-0.1, -0.05) is 0 Å². The fourth-order valence-corrected chi connectivity index (χ4v) is 2.69. The average molecular weight is 373 g/mol. The van der Waals surface area contributed by atoms with Gasteiger partial charge in [0.05, 0.1) is 31.0 Å². The van der Waals surface area contributed by atoms with Gasteiger partial charge in [-0.25, -0.2) is 0 Å². The predicted octanol–water partition coefficient (Wildman–Crippen LogP) is 4.89. The van der Waals surface area contributed by atoms with Crippen molar-refractivity contribution in [2.75, 3.05) is 19.5 Å². The lowest BCUT2D eigenvalue weighted by atomic mass is 10.1. The maximum Gasteiger partial charge on any atom is 0.416 e. The smallest absolute Gasteiger partial charge is 0.416 e. The van der Waals surface area contributed by atoms with Gasteiger partial charge >= 0.3 is 6.18 Å². The standard InChI is InChI=1S/C19H14F3N3O2/c1-26-15-8-7-14-16(11(9-23)10-24-17(14)18(15)27-2)25-13-5-3-12(4-6-13)19(20,21)22/h3-8,10H,1-2H3,(H,24,25). The maximum atomic E-state index is 12.7. The van der Waals surface area contributed by atoms with Crippen molar-refractivity contribution in [3.05, 3.63) is 53.7 Å². The molecule has 0 aliphatic heterocycles. The molecule has 1 heterocycles. The van der Waals surface area contributed by atoms with E-state index in [9.17, 15) is 18.4 Å². The highest BCUT2D eigenvalue weighted by Gasteiger charge is 2.30. The average Bonchev–Trinajstić information content (AvgIpc) is 2.66.